The molecule has 106 valence electrons. The molecule has 4 nitrogen and oxygen atoms in total. The summed E-state index contributed by atoms with van der Waals surface area (Å²) in [6.07, 6.45) is 0. The number of fused-ring (bicyclic) bond motifs is 1. The van der Waals surface area contributed by atoms with Crippen molar-refractivity contribution in [2.45, 2.75) is 4.90 Å². The minimum absolute atomic E-state index is 0.0387. The molecule has 2 amide bonds. The zero-order chi connectivity index (χ0) is 15.0. The maximum absolute atomic E-state index is 12.7. The number of halogens is 1. The van der Waals surface area contributed by atoms with Crippen LogP contribution in [0.1, 0.15) is 10.4 Å². The third-order valence-corrected chi connectivity index (χ3v) is 3.80. The maximum atomic E-state index is 12.7. The normalized spacial score (nSPS) is 13.6. The summed E-state index contributed by atoms with van der Waals surface area (Å²) in [5.41, 5.74) is 1.59. The summed E-state index contributed by atoms with van der Waals surface area (Å²) in [5, 5.41) is 3.08. The van der Waals surface area contributed by atoms with Crippen LogP contribution >= 0.6 is 24.2 Å². The third kappa shape index (κ3) is 2.62. The number of amides is 2. The molecule has 0 aliphatic carbocycles. The van der Waals surface area contributed by atoms with Gasteiger partial charge in [-0.1, -0.05) is 23.7 Å². The van der Waals surface area contributed by atoms with Crippen molar-refractivity contribution >= 4 is 47.4 Å². The average Bonchev–Trinajstić information content (AvgIpc) is 2.48. The van der Waals surface area contributed by atoms with Gasteiger partial charge in [0, 0.05) is 4.90 Å². The first kappa shape index (κ1) is 14.0. The lowest BCUT2D eigenvalue weighted by molar-refractivity contribution is -0.115. The summed E-state index contributed by atoms with van der Waals surface area (Å²) in [5.74, 6) is -0.557. The number of anilines is 2. The van der Waals surface area contributed by atoms with E-state index in [0.29, 0.717) is 26.9 Å². The molecule has 1 aliphatic heterocycles. The molecule has 0 aromatic heterocycles. The van der Waals surface area contributed by atoms with Crippen molar-refractivity contribution in [1.82, 2.24) is 0 Å². The first-order chi connectivity index (χ1) is 10.1. The third-order valence-electron chi connectivity index (χ3n) is 3.20. The van der Waals surface area contributed by atoms with Crippen molar-refractivity contribution in [3.8, 4) is 0 Å². The Labute approximate surface area is 132 Å². The Kier molecular flexibility index (Phi) is 3.61. The van der Waals surface area contributed by atoms with Gasteiger partial charge in [-0.2, -0.15) is 0 Å². The Hall–Kier alpha value is -1.98. The highest BCUT2D eigenvalue weighted by atomic mass is 35.5. The number of nitrogens with one attached hydrogen (secondary N) is 1. The van der Waals surface area contributed by atoms with E-state index in [1.165, 1.54) is 4.90 Å². The largest absolute Gasteiger partial charge is 0.323 e. The van der Waals surface area contributed by atoms with Crippen LogP contribution in [0.25, 0.3) is 0 Å². The Morgan fingerprint density at radius 2 is 2.00 bits per heavy atom. The fourth-order valence-electron chi connectivity index (χ4n) is 2.24. The highest BCUT2D eigenvalue weighted by molar-refractivity contribution is 7.80. The van der Waals surface area contributed by atoms with Crippen LogP contribution in [-0.4, -0.2) is 18.4 Å². The molecule has 0 spiro atoms. The number of nitrogens with zero attached hydrogens (tertiary/aromatic N) is 1. The SMILES string of the molecule is O=C1CN(C(=O)c2cc(S)ccc2Cl)c2ccccc2N1. The van der Waals surface area contributed by atoms with Gasteiger partial charge in [-0.3, -0.25) is 14.5 Å². The van der Waals surface area contributed by atoms with E-state index in [9.17, 15) is 9.59 Å². The minimum Gasteiger partial charge on any atom is -0.323 e. The van der Waals surface area contributed by atoms with Crippen molar-refractivity contribution < 1.29 is 9.59 Å². The van der Waals surface area contributed by atoms with Crippen LogP contribution in [0.2, 0.25) is 5.02 Å². The van der Waals surface area contributed by atoms with Gasteiger partial charge in [0.25, 0.3) is 5.91 Å². The van der Waals surface area contributed by atoms with E-state index in [1.807, 2.05) is 6.07 Å². The number of para-hydroxylation sites is 2. The molecule has 1 N–H and O–H groups in total. The highest BCUT2D eigenvalue weighted by Crippen LogP contribution is 2.31. The molecule has 0 bridgehead atoms. The molecule has 1 heterocycles. The number of carbonyl (C=O) groups excluding carboxylic acids is 2. The van der Waals surface area contributed by atoms with Crippen molar-refractivity contribution in [1.29, 1.82) is 0 Å². The Morgan fingerprint density at radius 3 is 2.81 bits per heavy atom. The average molecular weight is 319 g/mol. The lowest BCUT2D eigenvalue weighted by Gasteiger charge is -2.29. The molecular weight excluding hydrogens is 308 g/mol. The number of thiol groups is 1. The molecule has 2 aromatic carbocycles. The second-order valence-corrected chi connectivity index (χ2v) is 5.54. The van der Waals surface area contributed by atoms with Gasteiger partial charge in [-0.25, -0.2) is 0 Å². The summed E-state index contributed by atoms with van der Waals surface area (Å²) in [6.45, 7) is -0.0387. The van der Waals surface area contributed by atoms with E-state index in [1.54, 1.807) is 36.4 Å². The summed E-state index contributed by atoms with van der Waals surface area (Å²) in [6, 6.07) is 12.1. The van der Waals surface area contributed by atoms with Gasteiger partial charge in [0.1, 0.15) is 6.54 Å². The second-order valence-electron chi connectivity index (χ2n) is 4.62. The molecule has 3 rings (SSSR count). The predicted molar refractivity (Wildman–Crippen MR) is 85.5 cm³/mol. The van der Waals surface area contributed by atoms with E-state index >= 15 is 0 Å². The van der Waals surface area contributed by atoms with Gasteiger partial charge < -0.3 is 5.32 Å². The van der Waals surface area contributed by atoms with Crippen molar-refractivity contribution in [2.75, 3.05) is 16.8 Å². The van der Waals surface area contributed by atoms with Crippen molar-refractivity contribution in [3.63, 3.8) is 0 Å². The number of hydrogen-bond donors (Lipinski definition) is 2. The van der Waals surface area contributed by atoms with Crippen LogP contribution in [-0.2, 0) is 4.79 Å². The van der Waals surface area contributed by atoms with E-state index in [0.717, 1.165) is 0 Å². The summed E-state index contributed by atoms with van der Waals surface area (Å²) in [4.78, 5) is 26.5. The molecule has 0 saturated heterocycles. The summed E-state index contributed by atoms with van der Waals surface area (Å²) < 4.78 is 0. The fraction of sp³-hybridized carbons (Fsp3) is 0.0667. The second kappa shape index (κ2) is 5.42. The molecule has 0 saturated carbocycles. The highest BCUT2D eigenvalue weighted by Gasteiger charge is 2.28. The molecule has 0 radical (unpaired) electrons. The lowest BCUT2D eigenvalue weighted by atomic mass is 10.1. The van der Waals surface area contributed by atoms with Crippen LogP contribution in [0.4, 0.5) is 11.4 Å². The lowest BCUT2D eigenvalue weighted by Crippen LogP contribution is -2.42. The zero-order valence-electron chi connectivity index (χ0n) is 10.8. The number of rotatable bonds is 1. The molecule has 6 heteroatoms. The molecule has 0 unspecified atom stereocenters. The van der Waals surface area contributed by atoms with Crippen LogP contribution in [0.15, 0.2) is 47.4 Å². The zero-order valence-corrected chi connectivity index (χ0v) is 12.5. The Bertz CT molecular complexity index is 748. The standard InChI is InChI=1S/C15H11ClN2O2S/c16-11-6-5-9(21)7-10(11)15(20)18-8-14(19)17-12-3-1-2-4-13(12)18/h1-7,21H,8H2,(H,17,19). The molecule has 21 heavy (non-hydrogen) atoms. The molecule has 1 aliphatic rings. The Morgan fingerprint density at radius 1 is 1.24 bits per heavy atom. The van der Waals surface area contributed by atoms with Crippen molar-refractivity contribution in [3.05, 3.63) is 53.1 Å². The number of carbonyl (C=O) groups is 2. The van der Waals surface area contributed by atoms with Gasteiger partial charge in [0.15, 0.2) is 0 Å². The first-order valence-electron chi connectivity index (χ1n) is 6.25. The Balaban J connectivity index is 2.06. The first-order valence-corrected chi connectivity index (χ1v) is 7.08. The van der Waals surface area contributed by atoms with E-state index in [2.05, 4.69) is 17.9 Å². The maximum Gasteiger partial charge on any atom is 0.260 e. The van der Waals surface area contributed by atoms with Gasteiger partial charge in [0.05, 0.1) is 22.0 Å². The van der Waals surface area contributed by atoms with Gasteiger partial charge >= 0.3 is 0 Å². The van der Waals surface area contributed by atoms with Crippen LogP contribution in [0.3, 0.4) is 0 Å². The van der Waals surface area contributed by atoms with Gasteiger partial charge in [-0.15, -0.1) is 12.6 Å². The monoisotopic (exact) mass is 318 g/mol. The summed E-state index contributed by atoms with van der Waals surface area (Å²) >= 11 is 10.3. The minimum atomic E-state index is -0.321. The van der Waals surface area contributed by atoms with Crippen LogP contribution in [0, 0.1) is 0 Å². The smallest absolute Gasteiger partial charge is 0.260 e. The van der Waals surface area contributed by atoms with E-state index in [4.69, 9.17) is 11.6 Å². The van der Waals surface area contributed by atoms with Gasteiger partial charge in [-0.05, 0) is 30.3 Å². The van der Waals surface area contributed by atoms with E-state index < -0.39 is 0 Å². The topological polar surface area (TPSA) is 49.4 Å². The van der Waals surface area contributed by atoms with E-state index in [-0.39, 0.29) is 18.4 Å². The molecule has 0 atom stereocenters. The van der Waals surface area contributed by atoms with Gasteiger partial charge in [0.2, 0.25) is 5.91 Å². The summed E-state index contributed by atoms with van der Waals surface area (Å²) in [7, 11) is 0. The molecule has 2 aromatic rings. The number of benzene rings is 2. The van der Waals surface area contributed by atoms with Crippen LogP contribution < -0.4 is 10.2 Å². The fourth-order valence-corrected chi connectivity index (χ4v) is 2.64. The van der Waals surface area contributed by atoms with Crippen LogP contribution in [0.5, 0.6) is 0 Å². The van der Waals surface area contributed by atoms with Crippen molar-refractivity contribution in [2.24, 2.45) is 0 Å². The molecular formula is C15H11ClN2O2S. The quantitative estimate of drug-likeness (QED) is 0.793. The predicted octanol–water partition coefficient (Wildman–Crippen LogP) is 3.23. The number of hydrogen-bond acceptors (Lipinski definition) is 3. The molecule has 0 fully saturated rings.